The highest BCUT2D eigenvalue weighted by molar-refractivity contribution is 5.97. The molecule has 0 bridgehead atoms. The smallest absolute Gasteiger partial charge is 0.150 e. The molecule has 0 atom stereocenters. The Labute approximate surface area is 134 Å². The molecule has 0 fully saturated rings. The van der Waals surface area contributed by atoms with Crippen molar-refractivity contribution in [3.63, 3.8) is 0 Å². The van der Waals surface area contributed by atoms with Crippen LogP contribution >= 0.6 is 0 Å². The molecular formula is C20H27NO. The number of unbranched alkanes of at least 4 members (excludes halogenated alkanes) is 2. The highest BCUT2D eigenvalue weighted by Gasteiger charge is 2.06. The fourth-order valence-electron chi connectivity index (χ4n) is 2.40. The average Bonchev–Trinajstić information content (AvgIpc) is 2.58. The third kappa shape index (κ3) is 4.52. The number of nitrogens with zero attached hydrogens (tertiary/aromatic N) is 1. The largest absolute Gasteiger partial charge is 0.298 e. The fourth-order valence-corrected chi connectivity index (χ4v) is 2.40. The highest BCUT2D eigenvalue weighted by atomic mass is 16.1. The lowest BCUT2D eigenvalue weighted by Crippen LogP contribution is -1.94. The zero-order valence-corrected chi connectivity index (χ0v) is 14.2. The first-order chi connectivity index (χ1) is 10.8. The Hall–Kier alpha value is -1.96. The van der Waals surface area contributed by atoms with Gasteiger partial charge in [0.15, 0.2) is 6.29 Å². The summed E-state index contributed by atoms with van der Waals surface area (Å²) in [6.07, 6.45) is 11.6. The van der Waals surface area contributed by atoms with Crippen molar-refractivity contribution in [1.82, 2.24) is 4.98 Å². The van der Waals surface area contributed by atoms with Crippen LogP contribution < -0.4 is 0 Å². The van der Waals surface area contributed by atoms with Gasteiger partial charge in [0.25, 0.3) is 0 Å². The summed E-state index contributed by atoms with van der Waals surface area (Å²) in [5.41, 5.74) is 4.10. The number of hydrogen-bond donors (Lipinski definition) is 0. The van der Waals surface area contributed by atoms with E-state index in [1.54, 1.807) is 12.3 Å². The molecule has 2 heteroatoms. The van der Waals surface area contributed by atoms with E-state index in [4.69, 9.17) is 0 Å². The molecule has 118 valence electrons. The Bertz CT molecular complexity index is 629. The van der Waals surface area contributed by atoms with E-state index in [9.17, 15) is 4.79 Å². The molecule has 1 aromatic heterocycles. The molecule has 2 rings (SSSR count). The van der Waals surface area contributed by atoms with Gasteiger partial charge in [-0.15, -0.1) is 0 Å². The number of carbonyl (C=O) groups is 1. The van der Waals surface area contributed by atoms with Crippen LogP contribution in [-0.2, 0) is 6.42 Å². The molecular weight excluding hydrogens is 270 g/mol. The van der Waals surface area contributed by atoms with Gasteiger partial charge < -0.3 is 0 Å². The maximum atomic E-state index is 11.1. The minimum absolute atomic E-state index is 0.711. The van der Waals surface area contributed by atoms with Crippen molar-refractivity contribution in [2.75, 3.05) is 0 Å². The summed E-state index contributed by atoms with van der Waals surface area (Å²) < 4.78 is 0. The normalized spacial score (nSPS) is 10.5. The van der Waals surface area contributed by atoms with Crippen molar-refractivity contribution >= 4 is 17.2 Å². The average molecular weight is 297 g/mol. The number of aromatic nitrogens is 1. The van der Waals surface area contributed by atoms with E-state index in [1.807, 2.05) is 19.9 Å². The number of fused-ring (bicyclic) bond motifs is 1. The number of allylic oxidation sites excluding steroid dienone is 2. The second-order valence-corrected chi connectivity index (χ2v) is 5.08. The summed E-state index contributed by atoms with van der Waals surface area (Å²) in [7, 11) is 0. The standard InChI is InChI=1S/C18H21NO.C2H6/c1-3-4-5-6-7-8-15-9-10-17-16(13-20)11-12-19-18(17)14(15)2;1-2/h6-7,9-13H,3-5,8H2,1-2H3;1-2H3/b7-6-;. The number of rotatable bonds is 6. The SMILES string of the molecule is CC.CCCC/C=C\Cc1ccc2c(C=O)ccnc2c1C. The van der Waals surface area contributed by atoms with Gasteiger partial charge >= 0.3 is 0 Å². The van der Waals surface area contributed by atoms with E-state index in [2.05, 4.69) is 37.0 Å². The van der Waals surface area contributed by atoms with E-state index in [1.165, 1.54) is 24.0 Å². The van der Waals surface area contributed by atoms with Gasteiger partial charge in [-0.1, -0.05) is 57.9 Å². The van der Waals surface area contributed by atoms with Gasteiger partial charge in [-0.25, -0.2) is 0 Å². The van der Waals surface area contributed by atoms with Crippen LogP contribution in [0.25, 0.3) is 10.9 Å². The number of aldehydes is 1. The van der Waals surface area contributed by atoms with Crippen molar-refractivity contribution in [1.29, 1.82) is 0 Å². The van der Waals surface area contributed by atoms with E-state index in [0.717, 1.165) is 30.0 Å². The van der Waals surface area contributed by atoms with Crippen molar-refractivity contribution in [3.05, 3.63) is 53.2 Å². The minimum atomic E-state index is 0.711. The zero-order chi connectivity index (χ0) is 16.4. The molecule has 22 heavy (non-hydrogen) atoms. The molecule has 2 nitrogen and oxygen atoms in total. The summed E-state index contributed by atoms with van der Waals surface area (Å²) in [6, 6.07) is 5.88. The summed E-state index contributed by atoms with van der Waals surface area (Å²) in [5, 5.41) is 0.943. The Morgan fingerprint density at radius 2 is 1.91 bits per heavy atom. The number of benzene rings is 1. The predicted molar refractivity (Wildman–Crippen MR) is 95.6 cm³/mol. The van der Waals surface area contributed by atoms with Gasteiger partial charge in [0, 0.05) is 17.1 Å². The lowest BCUT2D eigenvalue weighted by molar-refractivity contribution is 0.112. The van der Waals surface area contributed by atoms with Gasteiger partial charge in [-0.05, 0) is 37.0 Å². The quantitative estimate of drug-likeness (QED) is 0.390. The number of pyridine rings is 1. The highest BCUT2D eigenvalue weighted by Crippen LogP contribution is 2.22. The third-order valence-corrected chi connectivity index (χ3v) is 3.67. The lowest BCUT2D eigenvalue weighted by atomic mass is 9.99. The van der Waals surface area contributed by atoms with E-state index in [0.29, 0.717) is 5.56 Å². The number of aryl methyl sites for hydroxylation is 1. The molecule has 0 N–H and O–H groups in total. The minimum Gasteiger partial charge on any atom is -0.298 e. The first-order valence-corrected chi connectivity index (χ1v) is 8.25. The van der Waals surface area contributed by atoms with Crippen LogP contribution in [0.2, 0.25) is 0 Å². The monoisotopic (exact) mass is 297 g/mol. The first-order valence-electron chi connectivity index (χ1n) is 8.25. The molecule has 0 radical (unpaired) electrons. The van der Waals surface area contributed by atoms with Crippen molar-refractivity contribution in [2.45, 2.75) is 53.4 Å². The van der Waals surface area contributed by atoms with Crippen LogP contribution in [0.5, 0.6) is 0 Å². The molecule has 0 unspecified atom stereocenters. The van der Waals surface area contributed by atoms with Crippen molar-refractivity contribution < 1.29 is 4.79 Å². The van der Waals surface area contributed by atoms with Gasteiger partial charge in [-0.2, -0.15) is 0 Å². The summed E-state index contributed by atoms with van der Waals surface area (Å²) in [6.45, 7) is 8.29. The lowest BCUT2D eigenvalue weighted by Gasteiger charge is -2.08. The van der Waals surface area contributed by atoms with Crippen LogP contribution in [0.15, 0.2) is 36.5 Å². The molecule has 0 amide bonds. The molecule has 0 aliphatic rings. The van der Waals surface area contributed by atoms with E-state index < -0.39 is 0 Å². The van der Waals surface area contributed by atoms with Crippen LogP contribution in [0.1, 0.15) is 61.5 Å². The number of carbonyl (C=O) groups excluding carboxylic acids is 1. The third-order valence-electron chi connectivity index (χ3n) is 3.67. The van der Waals surface area contributed by atoms with E-state index >= 15 is 0 Å². The Balaban J connectivity index is 0.00000116. The maximum Gasteiger partial charge on any atom is 0.150 e. The summed E-state index contributed by atoms with van der Waals surface area (Å²) in [4.78, 5) is 15.5. The van der Waals surface area contributed by atoms with Crippen LogP contribution in [0, 0.1) is 6.92 Å². The topological polar surface area (TPSA) is 30.0 Å². The second-order valence-electron chi connectivity index (χ2n) is 5.08. The molecule has 1 heterocycles. The molecule has 0 aliphatic carbocycles. The maximum absolute atomic E-state index is 11.1. The van der Waals surface area contributed by atoms with Crippen LogP contribution in [0.3, 0.4) is 0 Å². The molecule has 0 saturated carbocycles. The second kappa shape index (κ2) is 9.88. The number of hydrogen-bond acceptors (Lipinski definition) is 2. The van der Waals surface area contributed by atoms with Crippen LogP contribution in [-0.4, -0.2) is 11.3 Å². The van der Waals surface area contributed by atoms with E-state index in [-0.39, 0.29) is 0 Å². The summed E-state index contributed by atoms with van der Waals surface area (Å²) >= 11 is 0. The summed E-state index contributed by atoms with van der Waals surface area (Å²) in [5.74, 6) is 0. The fraction of sp³-hybridized carbons (Fsp3) is 0.400. The first kappa shape index (κ1) is 18.1. The van der Waals surface area contributed by atoms with Crippen molar-refractivity contribution in [3.8, 4) is 0 Å². The van der Waals surface area contributed by atoms with Gasteiger partial charge in [0.1, 0.15) is 0 Å². The molecule has 1 aromatic carbocycles. The molecule has 0 saturated heterocycles. The molecule has 2 aromatic rings. The van der Waals surface area contributed by atoms with Gasteiger partial charge in [-0.3, -0.25) is 9.78 Å². The molecule has 0 aliphatic heterocycles. The molecule has 0 spiro atoms. The Morgan fingerprint density at radius 3 is 2.59 bits per heavy atom. The van der Waals surface area contributed by atoms with Gasteiger partial charge in [0.05, 0.1) is 5.52 Å². The van der Waals surface area contributed by atoms with Crippen LogP contribution in [0.4, 0.5) is 0 Å². The predicted octanol–water partition coefficient (Wildman–Crippen LogP) is 5.67. The Morgan fingerprint density at radius 1 is 1.14 bits per heavy atom. The van der Waals surface area contributed by atoms with Crippen molar-refractivity contribution in [2.24, 2.45) is 0 Å². The zero-order valence-electron chi connectivity index (χ0n) is 14.2. The van der Waals surface area contributed by atoms with Gasteiger partial charge in [0.2, 0.25) is 0 Å². The Kier molecular flexibility index (Phi) is 8.13.